The minimum atomic E-state index is -0.439. The average molecular weight is 313 g/mol. The number of hydrogen-bond acceptors (Lipinski definition) is 5. The van der Waals surface area contributed by atoms with E-state index in [-0.39, 0.29) is 12.6 Å². The summed E-state index contributed by atoms with van der Waals surface area (Å²) >= 11 is 0. The zero-order valence-electron chi connectivity index (χ0n) is 11.9. The van der Waals surface area contributed by atoms with Crippen LogP contribution in [0.1, 0.15) is 0 Å². The van der Waals surface area contributed by atoms with Crippen molar-refractivity contribution in [1.82, 2.24) is 20.2 Å². The van der Waals surface area contributed by atoms with Crippen molar-refractivity contribution in [3.8, 4) is 17.4 Å². The standard InChI is InChI=1S/C15H12FN5O2/c16-11-2-1-3-12(8-11)18-13(22)9-23-15-19-14(20-21-15)10-4-6-17-7-5-10/h1-8H,9H2,(H,18,22)(H,19,20,21). The first-order chi connectivity index (χ1) is 11.2. The molecule has 2 aromatic heterocycles. The summed E-state index contributed by atoms with van der Waals surface area (Å²) in [6.07, 6.45) is 3.26. The lowest BCUT2D eigenvalue weighted by molar-refractivity contribution is -0.118. The van der Waals surface area contributed by atoms with Crippen LogP contribution in [-0.2, 0) is 4.79 Å². The molecule has 0 bridgehead atoms. The first kappa shape index (κ1) is 14.6. The van der Waals surface area contributed by atoms with E-state index < -0.39 is 11.7 Å². The number of carbonyl (C=O) groups excluding carboxylic acids is 1. The lowest BCUT2D eigenvalue weighted by Gasteiger charge is -2.04. The normalized spacial score (nSPS) is 10.3. The summed E-state index contributed by atoms with van der Waals surface area (Å²) in [5, 5.41) is 9.09. The third-order valence-electron chi connectivity index (χ3n) is 2.86. The third kappa shape index (κ3) is 3.88. The minimum absolute atomic E-state index is 0.0474. The van der Waals surface area contributed by atoms with Crippen molar-refractivity contribution >= 4 is 11.6 Å². The molecule has 0 unspecified atom stereocenters. The average Bonchev–Trinajstić information content (AvgIpc) is 3.03. The number of anilines is 1. The lowest BCUT2D eigenvalue weighted by Crippen LogP contribution is -2.20. The van der Waals surface area contributed by atoms with Gasteiger partial charge >= 0.3 is 6.01 Å². The van der Waals surface area contributed by atoms with Crippen LogP contribution in [-0.4, -0.2) is 32.7 Å². The van der Waals surface area contributed by atoms with Gasteiger partial charge in [0.2, 0.25) is 0 Å². The second kappa shape index (κ2) is 6.65. The minimum Gasteiger partial charge on any atom is -0.452 e. The third-order valence-corrected chi connectivity index (χ3v) is 2.86. The Balaban J connectivity index is 1.56. The van der Waals surface area contributed by atoms with Gasteiger partial charge in [-0.1, -0.05) is 6.07 Å². The summed E-state index contributed by atoms with van der Waals surface area (Å²) in [5.74, 6) is -0.363. The van der Waals surface area contributed by atoms with Crippen LogP contribution in [0.4, 0.5) is 10.1 Å². The maximum absolute atomic E-state index is 13.0. The molecule has 23 heavy (non-hydrogen) atoms. The molecule has 7 nitrogen and oxygen atoms in total. The molecule has 0 saturated heterocycles. The Morgan fingerprint density at radius 1 is 1.26 bits per heavy atom. The summed E-state index contributed by atoms with van der Waals surface area (Å²) < 4.78 is 18.2. The molecule has 1 amide bonds. The van der Waals surface area contributed by atoms with Crippen molar-refractivity contribution < 1.29 is 13.9 Å². The van der Waals surface area contributed by atoms with Gasteiger partial charge in [-0.05, 0) is 30.3 Å². The first-order valence-electron chi connectivity index (χ1n) is 6.72. The lowest BCUT2D eigenvalue weighted by atomic mass is 10.3. The molecule has 2 heterocycles. The van der Waals surface area contributed by atoms with E-state index in [9.17, 15) is 9.18 Å². The van der Waals surface area contributed by atoms with Gasteiger partial charge in [-0.3, -0.25) is 14.9 Å². The predicted octanol–water partition coefficient (Wildman–Crippen LogP) is 2.02. The molecule has 8 heteroatoms. The predicted molar refractivity (Wildman–Crippen MR) is 80.1 cm³/mol. The van der Waals surface area contributed by atoms with Crippen LogP contribution in [0, 0.1) is 5.82 Å². The van der Waals surface area contributed by atoms with E-state index in [2.05, 4.69) is 25.5 Å². The number of amides is 1. The Morgan fingerprint density at radius 3 is 2.87 bits per heavy atom. The van der Waals surface area contributed by atoms with Gasteiger partial charge in [0.05, 0.1) is 0 Å². The number of aromatic nitrogens is 4. The van der Waals surface area contributed by atoms with Gasteiger partial charge < -0.3 is 10.1 Å². The molecular formula is C15H12FN5O2. The summed E-state index contributed by atoms with van der Waals surface area (Å²) in [6, 6.07) is 9.16. The Kier molecular flexibility index (Phi) is 4.23. The molecule has 0 aliphatic carbocycles. The van der Waals surface area contributed by atoms with Crippen LogP contribution in [0.5, 0.6) is 6.01 Å². The Bertz CT molecular complexity index is 806. The van der Waals surface area contributed by atoms with Crippen molar-refractivity contribution in [3.05, 3.63) is 54.6 Å². The van der Waals surface area contributed by atoms with Crippen LogP contribution in [0.3, 0.4) is 0 Å². The van der Waals surface area contributed by atoms with Gasteiger partial charge in [0, 0.05) is 23.6 Å². The van der Waals surface area contributed by atoms with Crippen molar-refractivity contribution in [2.75, 3.05) is 11.9 Å². The number of nitrogens with zero attached hydrogens (tertiary/aromatic N) is 3. The summed E-state index contributed by atoms with van der Waals surface area (Å²) in [5.41, 5.74) is 1.15. The van der Waals surface area contributed by atoms with Gasteiger partial charge in [-0.2, -0.15) is 4.98 Å². The Morgan fingerprint density at radius 2 is 2.09 bits per heavy atom. The highest BCUT2D eigenvalue weighted by atomic mass is 19.1. The van der Waals surface area contributed by atoms with Crippen LogP contribution >= 0.6 is 0 Å². The van der Waals surface area contributed by atoms with Crippen molar-refractivity contribution in [2.45, 2.75) is 0 Å². The number of ether oxygens (including phenoxy) is 1. The number of benzene rings is 1. The van der Waals surface area contributed by atoms with Crippen molar-refractivity contribution in [2.24, 2.45) is 0 Å². The highest BCUT2D eigenvalue weighted by Gasteiger charge is 2.09. The zero-order valence-corrected chi connectivity index (χ0v) is 11.9. The van der Waals surface area contributed by atoms with E-state index in [1.54, 1.807) is 30.6 Å². The summed E-state index contributed by atoms with van der Waals surface area (Å²) in [7, 11) is 0. The van der Waals surface area contributed by atoms with Gasteiger partial charge in [0.15, 0.2) is 12.4 Å². The second-order valence-electron chi connectivity index (χ2n) is 4.55. The number of rotatable bonds is 5. The van der Waals surface area contributed by atoms with Crippen molar-refractivity contribution in [3.63, 3.8) is 0 Å². The van der Waals surface area contributed by atoms with Crippen LogP contribution in [0.25, 0.3) is 11.4 Å². The number of halogens is 1. The molecule has 0 spiro atoms. The molecule has 0 saturated carbocycles. The molecule has 0 atom stereocenters. The first-order valence-corrected chi connectivity index (χ1v) is 6.72. The quantitative estimate of drug-likeness (QED) is 0.752. The fraction of sp³-hybridized carbons (Fsp3) is 0.0667. The summed E-state index contributed by atoms with van der Waals surface area (Å²) in [6.45, 7) is -0.288. The summed E-state index contributed by atoms with van der Waals surface area (Å²) in [4.78, 5) is 19.8. The monoisotopic (exact) mass is 313 g/mol. The molecule has 3 rings (SSSR count). The van der Waals surface area contributed by atoms with E-state index in [1.807, 2.05) is 0 Å². The van der Waals surface area contributed by atoms with Gasteiger partial charge in [0.1, 0.15) is 5.82 Å². The zero-order chi connectivity index (χ0) is 16.1. The fourth-order valence-electron chi connectivity index (χ4n) is 1.84. The number of nitrogens with one attached hydrogen (secondary N) is 2. The second-order valence-corrected chi connectivity index (χ2v) is 4.55. The molecule has 0 aliphatic heterocycles. The maximum atomic E-state index is 13.0. The number of aromatic amines is 1. The van der Waals surface area contributed by atoms with E-state index in [0.717, 1.165) is 5.56 Å². The Hall–Kier alpha value is -3.29. The topological polar surface area (TPSA) is 92.8 Å². The van der Waals surface area contributed by atoms with E-state index >= 15 is 0 Å². The Labute approximate surface area is 130 Å². The van der Waals surface area contributed by atoms with E-state index in [0.29, 0.717) is 11.5 Å². The number of pyridine rings is 1. The largest absolute Gasteiger partial charge is 0.452 e. The van der Waals surface area contributed by atoms with Crippen molar-refractivity contribution in [1.29, 1.82) is 0 Å². The van der Waals surface area contributed by atoms with Gasteiger partial charge in [0.25, 0.3) is 5.91 Å². The van der Waals surface area contributed by atoms with Crippen LogP contribution < -0.4 is 10.1 Å². The molecule has 0 radical (unpaired) electrons. The van der Waals surface area contributed by atoms with Crippen LogP contribution in [0.15, 0.2) is 48.8 Å². The van der Waals surface area contributed by atoms with Gasteiger partial charge in [-0.25, -0.2) is 4.39 Å². The number of hydrogen-bond donors (Lipinski definition) is 2. The highest BCUT2D eigenvalue weighted by molar-refractivity contribution is 5.91. The van der Waals surface area contributed by atoms with Gasteiger partial charge in [-0.15, -0.1) is 5.10 Å². The van der Waals surface area contributed by atoms with E-state index in [1.165, 1.54) is 18.2 Å². The molecule has 2 N–H and O–H groups in total. The molecule has 0 aliphatic rings. The molecular weight excluding hydrogens is 301 g/mol. The van der Waals surface area contributed by atoms with Crippen LogP contribution in [0.2, 0.25) is 0 Å². The maximum Gasteiger partial charge on any atom is 0.336 e. The highest BCUT2D eigenvalue weighted by Crippen LogP contribution is 2.15. The molecule has 3 aromatic rings. The van der Waals surface area contributed by atoms with E-state index in [4.69, 9.17) is 4.74 Å². The molecule has 0 fully saturated rings. The fourth-order valence-corrected chi connectivity index (χ4v) is 1.84. The molecule has 1 aromatic carbocycles. The molecule has 116 valence electrons. The number of carbonyl (C=O) groups is 1. The smallest absolute Gasteiger partial charge is 0.336 e. The number of H-pyrrole nitrogens is 1. The SMILES string of the molecule is O=C(COc1n[nH]c(-c2ccncc2)n1)Nc1cccc(F)c1.